The molecule has 0 aliphatic carbocycles. The number of aromatic nitrogens is 5. The van der Waals surface area contributed by atoms with Crippen LogP contribution < -0.4 is 10.2 Å². The van der Waals surface area contributed by atoms with Crippen molar-refractivity contribution >= 4 is 11.3 Å². The van der Waals surface area contributed by atoms with Crippen molar-refractivity contribution in [3.63, 3.8) is 0 Å². The third-order valence-electron chi connectivity index (χ3n) is 6.54. The van der Waals surface area contributed by atoms with E-state index in [-0.39, 0.29) is 0 Å². The molecule has 0 unspecified atom stereocenters. The van der Waals surface area contributed by atoms with Crippen LogP contribution in [0.15, 0.2) is 49.2 Å². The lowest BCUT2D eigenvalue weighted by Gasteiger charge is -2.19. The zero-order chi connectivity index (χ0) is 20.9. The highest BCUT2D eigenvalue weighted by molar-refractivity contribution is 5.87. The lowest BCUT2D eigenvalue weighted by Crippen LogP contribution is -2.26. The standard InChI is InChI=1S/C23H22N8/c1-29-11-20(10-27-29)16-4-21(23-17(5-24)9-28-31(23)14-16)15-2-3-22(26-8-15)30-12-18-6-25-7-19(18)13-30/h2-4,8-11,14,18-19,25H,6-7,12-13H2,1H3/t18-,19+. The molecule has 8 heteroatoms. The van der Waals surface area contributed by atoms with Crippen molar-refractivity contribution in [1.82, 2.24) is 29.7 Å². The Hall–Kier alpha value is -3.70. The number of rotatable bonds is 3. The van der Waals surface area contributed by atoms with Gasteiger partial charge in [-0.15, -0.1) is 0 Å². The summed E-state index contributed by atoms with van der Waals surface area (Å²) in [6, 6.07) is 8.56. The first kappa shape index (κ1) is 18.1. The van der Waals surface area contributed by atoms with Crippen molar-refractivity contribution in [2.24, 2.45) is 18.9 Å². The maximum atomic E-state index is 9.61. The molecule has 2 atom stereocenters. The van der Waals surface area contributed by atoms with Crippen molar-refractivity contribution in [1.29, 1.82) is 5.26 Å². The molecule has 6 heterocycles. The zero-order valence-corrected chi connectivity index (χ0v) is 17.2. The van der Waals surface area contributed by atoms with Crippen molar-refractivity contribution in [3.8, 4) is 28.3 Å². The van der Waals surface area contributed by atoms with Gasteiger partial charge in [-0.1, -0.05) is 0 Å². The number of hydrogen-bond acceptors (Lipinski definition) is 6. The first-order valence-corrected chi connectivity index (χ1v) is 10.5. The highest BCUT2D eigenvalue weighted by Crippen LogP contribution is 2.34. The maximum Gasteiger partial charge on any atom is 0.128 e. The summed E-state index contributed by atoms with van der Waals surface area (Å²) in [6.45, 7) is 4.34. The van der Waals surface area contributed by atoms with Crippen LogP contribution in [0.25, 0.3) is 27.8 Å². The molecule has 0 spiro atoms. The summed E-state index contributed by atoms with van der Waals surface area (Å²) >= 11 is 0. The van der Waals surface area contributed by atoms with Crippen LogP contribution in [0, 0.1) is 23.2 Å². The molecule has 6 rings (SSSR count). The van der Waals surface area contributed by atoms with Gasteiger partial charge < -0.3 is 10.2 Å². The molecule has 31 heavy (non-hydrogen) atoms. The summed E-state index contributed by atoms with van der Waals surface area (Å²) in [4.78, 5) is 7.18. The predicted octanol–water partition coefficient (Wildman–Crippen LogP) is 2.32. The first-order valence-electron chi connectivity index (χ1n) is 10.5. The van der Waals surface area contributed by atoms with Gasteiger partial charge in [0.2, 0.25) is 0 Å². The van der Waals surface area contributed by atoms with Crippen molar-refractivity contribution in [2.45, 2.75) is 0 Å². The second kappa shape index (κ2) is 6.93. The topological polar surface area (TPSA) is 87.1 Å². The summed E-state index contributed by atoms with van der Waals surface area (Å²) in [5.41, 5.74) is 5.26. The monoisotopic (exact) mass is 410 g/mol. The fraction of sp³-hybridized carbons (Fsp3) is 0.304. The maximum absolute atomic E-state index is 9.61. The molecule has 4 aromatic heterocycles. The number of nitrogens with zero attached hydrogens (tertiary/aromatic N) is 7. The lowest BCUT2D eigenvalue weighted by atomic mass is 10.0. The zero-order valence-electron chi connectivity index (χ0n) is 17.2. The molecule has 0 radical (unpaired) electrons. The van der Waals surface area contributed by atoms with Crippen LogP contribution in [-0.2, 0) is 7.05 Å². The number of nitrogens with one attached hydrogen (secondary N) is 1. The van der Waals surface area contributed by atoms with Gasteiger partial charge in [-0.25, -0.2) is 9.50 Å². The molecule has 0 aromatic carbocycles. The van der Waals surface area contributed by atoms with Gasteiger partial charge in [-0.05, 0) is 30.0 Å². The molecule has 8 nitrogen and oxygen atoms in total. The van der Waals surface area contributed by atoms with Crippen LogP contribution in [0.3, 0.4) is 0 Å². The first-order chi connectivity index (χ1) is 15.2. The van der Waals surface area contributed by atoms with Crippen LogP contribution in [0.2, 0.25) is 0 Å². The minimum Gasteiger partial charge on any atom is -0.356 e. The Balaban J connectivity index is 1.41. The summed E-state index contributed by atoms with van der Waals surface area (Å²) in [7, 11) is 1.90. The summed E-state index contributed by atoms with van der Waals surface area (Å²) in [6.07, 6.45) is 9.28. The Kier molecular flexibility index (Phi) is 4.04. The second-order valence-corrected chi connectivity index (χ2v) is 8.50. The smallest absolute Gasteiger partial charge is 0.128 e. The van der Waals surface area contributed by atoms with Gasteiger partial charge >= 0.3 is 0 Å². The molecule has 2 aliphatic rings. The van der Waals surface area contributed by atoms with E-state index in [2.05, 4.69) is 44.7 Å². The fourth-order valence-corrected chi connectivity index (χ4v) is 4.93. The van der Waals surface area contributed by atoms with Gasteiger partial charge in [-0.2, -0.15) is 15.5 Å². The molecule has 0 saturated carbocycles. The van der Waals surface area contributed by atoms with E-state index in [0.717, 1.165) is 71.6 Å². The van der Waals surface area contributed by atoms with E-state index in [1.165, 1.54) is 0 Å². The van der Waals surface area contributed by atoms with E-state index in [1.807, 2.05) is 31.8 Å². The molecule has 1 N–H and O–H groups in total. The Labute approximate surface area is 179 Å². The minimum absolute atomic E-state index is 0.552. The van der Waals surface area contributed by atoms with Gasteiger partial charge in [-0.3, -0.25) is 4.68 Å². The molecule has 2 aliphatic heterocycles. The van der Waals surface area contributed by atoms with E-state index >= 15 is 0 Å². The van der Waals surface area contributed by atoms with E-state index in [4.69, 9.17) is 4.98 Å². The van der Waals surface area contributed by atoms with Gasteiger partial charge in [0.05, 0.1) is 23.5 Å². The second-order valence-electron chi connectivity index (χ2n) is 8.50. The Morgan fingerprint density at radius 3 is 2.52 bits per heavy atom. The molecule has 0 amide bonds. The van der Waals surface area contributed by atoms with Gasteiger partial charge in [0.15, 0.2) is 0 Å². The van der Waals surface area contributed by atoms with Crippen molar-refractivity contribution in [3.05, 3.63) is 54.7 Å². The lowest BCUT2D eigenvalue weighted by molar-refractivity contribution is 0.533. The molecule has 0 bridgehead atoms. The fourth-order valence-electron chi connectivity index (χ4n) is 4.93. The van der Waals surface area contributed by atoms with Crippen LogP contribution in [0.1, 0.15) is 5.56 Å². The van der Waals surface area contributed by atoms with Crippen LogP contribution in [-0.4, -0.2) is 50.6 Å². The quantitative estimate of drug-likeness (QED) is 0.558. The Bertz CT molecular complexity index is 1300. The predicted molar refractivity (Wildman–Crippen MR) is 117 cm³/mol. The molecular weight excluding hydrogens is 388 g/mol. The highest BCUT2D eigenvalue weighted by atomic mass is 15.2. The van der Waals surface area contributed by atoms with Gasteiger partial charge in [0.25, 0.3) is 0 Å². The number of aryl methyl sites for hydroxylation is 1. The van der Waals surface area contributed by atoms with Crippen molar-refractivity contribution < 1.29 is 0 Å². The Morgan fingerprint density at radius 2 is 1.84 bits per heavy atom. The number of nitriles is 1. The summed E-state index contributed by atoms with van der Waals surface area (Å²) < 4.78 is 3.55. The van der Waals surface area contributed by atoms with Gasteiger partial charge in [0.1, 0.15) is 11.9 Å². The minimum atomic E-state index is 0.552. The highest BCUT2D eigenvalue weighted by Gasteiger charge is 2.36. The van der Waals surface area contributed by atoms with E-state index in [0.29, 0.717) is 5.56 Å². The molecular formula is C23H22N8. The summed E-state index contributed by atoms with van der Waals surface area (Å²) in [5.74, 6) is 2.47. The molecule has 4 aromatic rings. The third-order valence-corrected chi connectivity index (χ3v) is 6.54. The van der Waals surface area contributed by atoms with E-state index in [9.17, 15) is 5.26 Å². The molecule has 2 fully saturated rings. The molecule has 2 saturated heterocycles. The average Bonchev–Trinajstić information content (AvgIpc) is 3.56. The third kappa shape index (κ3) is 2.97. The number of anilines is 1. The SMILES string of the molecule is Cn1cc(-c2cc(-c3ccc(N4C[C@H]5CNC[C@H]5C4)nc3)c3c(C#N)cnn3c2)cn1. The Morgan fingerprint density at radius 1 is 1.00 bits per heavy atom. The largest absolute Gasteiger partial charge is 0.356 e. The van der Waals surface area contributed by atoms with Crippen LogP contribution in [0.5, 0.6) is 0 Å². The van der Waals surface area contributed by atoms with Crippen LogP contribution in [0.4, 0.5) is 5.82 Å². The average molecular weight is 410 g/mol. The normalized spacial score (nSPS) is 20.3. The van der Waals surface area contributed by atoms with E-state index < -0.39 is 0 Å². The summed E-state index contributed by atoms with van der Waals surface area (Å²) in [5, 5.41) is 21.8. The number of fused-ring (bicyclic) bond motifs is 2. The number of hydrogen-bond donors (Lipinski definition) is 1. The van der Waals surface area contributed by atoms with Crippen LogP contribution >= 0.6 is 0 Å². The van der Waals surface area contributed by atoms with E-state index in [1.54, 1.807) is 15.4 Å². The van der Waals surface area contributed by atoms with Crippen molar-refractivity contribution in [2.75, 3.05) is 31.1 Å². The van der Waals surface area contributed by atoms with Gasteiger partial charge in [0, 0.05) is 74.1 Å². The molecule has 154 valence electrons. The number of pyridine rings is 2.